The van der Waals surface area contributed by atoms with Crippen molar-refractivity contribution in [3.05, 3.63) is 46.1 Å². The highest BCUT2D eigenvalue weighted by molar-refractivity contribution is 6.37. The lowest BCUT2D eigenvalue weighted by atomic mass is 10.3. The van der Waals surface area contributed by atoms with E-state index in [-0.39, 0.29) is 39.3 Å². The summed E-state index contributed by atoms with van der Waals surface area (Å²) in [6.45, 7) is 0. The molecule has 2 rings (SSSR count). The van der Waals surface area contributed by atoms with Gasteiger partial charge in [-0.15, -0.1) is 0 Å². The Bertz CT molecular complexity index is 841. The summed E-state index contributed by atoms with van der Waals surface area (Å²) < 4.78 is 42.9. The van der Waals surface area contributed by atoms with Crippen LogP contribution in [0.25, 0.3) is 0 Å². The molecule has 0 fully saturated rings. The number of aliphatic imine (C=N–C) groups is 2. The molecule has 0 bridgehead atoms. The molecule has 26 heavy (non-hydrogen) atoms. The predicted molar refractivity (Wildman–Crippen MR) is 92.9 cm³/mol. The molecular weight excluding hydrogens is 396 g/mol. The standard InChI is InChI=1S/C14H11Cl2F3N6O/c15-8-3-7(24-13(22)25-12(20)21)4-9(16)11(8)26-10-2-1-6(5-23-10)14(17,18)19/h1-5H,(H6,20,21,22,24,25). The van der Waals surface area contributed by atoms with Crippen molar-refractivity contribution in [3.63, 3.8) is 0 Å². The second-order valence-electron chi connectivity index (χ2n) is 4.73. The summed E-state index contributed by atoms with van der Waals surface area (Å²) in [6.07, 6.45) is -3.87. The van der Waals surface area contributed by atoms with Crippen LogP contribution in [-0.2, 0) is 6.18 Å². The van der Waals surface area contributed by atoms with Crippen molar-refractivity contribution in [2.24, 2.45) is 27.2 Å². The Morgan fingerprint density at radius 3 is 2.15 bits per heavy atom. The molecule has 1 aromatic carbocycles. The number of nitrogens with zero attached hydrogens (tertiary/aromatic N) is 3. The number of rotatable bonds is 3. The quantitative estimate of drug-likeness (QED) is 0.531. The van der Waals surface area contributed by atoms with E-state index in [1.165, 1.54) is 12.1 Å². The summed E-state index contributed by atoms with van der Waals surface area (Å²) in [5, 5.41) is 0.0471. The fourth-order valence-corrected chi connectivity index (χ4v) is 2.26. The Morgan fingerprint density at radius 1 is 1.08 bits per heavy atom. The highest BCUT2D eigenvalue weighted by atomic mass is 35.5. The number of alkyl halides is 3. The van der Waals surface area contributed by atoms with Gasteiger partial charge in [0.1, 0.15) is 0 Å². The van der Waals surface area contributed by atoms with Crippen LogP contribution in [0, 0.1) is 0 Å². The Balaban J connectivity index is 2.27. The number of hydrogen-bond donors (Lipinski definition) is 3. The molecule has 0 saturated heterocycles. The van der Waals surface area contributed by atoms with Gasteiger partial charge in [0.25, 0.3) is 0 Å². The summed E-state index contributed by atoms with van der Waals surface area (Å²) in [5.41, 5.74) is 15.2. The maximum absolute atomic E-state index is 12.5. The van der Waals surface area contributed by atoms with Crippen LogP contribution >= 0.6 is 23.2 Å². The molecule has 0 aliphatic carbocycles. The molecule has 1 heterocycles. The van der Waals surface area contributed by atoms with Crippen molar-refractivity contribution in [3.8, 4) is 11.6 Å². The Morgan fingerprint density at radius 2 is 1.69 bits per heavy atom. The van der Waals surface area contributed by atoms with Crippen LogP contribution in [0.3, 0.4) is 0 Å². The predicted octanol–water partition coefficient (Wildman–Crippen LogP) is 3.42. The molecule has 0 aliphatic rings. The van der Waals surface area contributed by atoms with Gasteiger partial charge in [0.15, 0.2) is 11.7 Å². The zero-order chi connectivity index (χ0) is 19.5. The SMILES string of the molecule is NC(N)=NC(N)=Nc1cc(Cl)c(Oc2ccc(C(F)(F)F)cn2)c(Cl)c1. The third-order valence-corrected chi connectivity index (χ3v) is 3.30. The number of ether oxygens (including phenoxy) is 1. The van der Waals surface area contributed by atoms with Crippen molar-refractivity contribution in [2.45, 2.75) is 6.18 Å². The third-order valence-electron chi connectivity index (χ3n) is 2.74. The fourth-order valence-electron chi connectivity index (χ4n) is 1.71. The maximum atomic E-state index is 12.5. The molecule has 0 atom stereocenters. The van der Waals surface area contributed by atoms with Gasteiger partial charge in [-0.1, -0.05) is 23.2 Å². The summed E-state index contributed by atoms with van der Waals surface area (Å²) in [4.78, 5) is 11.0. The van der Waals surface area contributed by atoms with Crippen LogP contribution in [0.2, 0.25) is 10.0 Å². The van der Waals surface area contributed by atoms with E-state index in [1.807, 2.05) is 0 Å². The molecule has 138 valence electrons. The lowest BCUT2D eigenvalue weighted by Crippen LogP contribution is -2.26. The molecule has 6 N–H and O–H groups in total. The summed E-state index contributed by atoms with van der Waals surface area (Å²) in [7, 11) is 0. The zero-order valence-electron chi connectivity index (χ0n) is 12.8. The second kappa shape index (κ2) is 7.67. The van der Waals surface area contributed by atoms with Crippen molar-refractivity contribution in [2.75, 3.05) is 0 Å². The Hall–Kier alpha value is -2.72. The van der Waals surface area contributed by atoms with E-state index in [0.29, 0.717) is 6.20 Å². The first kappa shape index (κ1) is 19.6. The summed E-state index contributed by atoms with van der Waals surface area (Å²) in [6, 6.07) is 4.56. The highest BCUT2D eigenvalue weighted by Gasteiger charge is 2.30. The minimum atomic E-state index is -4.50. The smallest absolute Gasteiger partial charge is 0.417 e. The average molecular weight is 407 g/mol. The van der Waals surface area contributed by atoms with Gasteiger partial charge in [0, 0.05) is 12.3 Å². The van der Waals surface area contributed by atoms with Gasteiger partial charge >= 0.3 is 6.18 Å². The van der Waals surface area contributed by atoms with E-state index in [0.717, 1.165) is 12.1 Å². The molecule has 0 unspecified atom stereocenters. The molecule has 7 nitrogen and oxygen atoms in total. The molecule has 0 radical (unpaired) electrons. The molecule has 0 saturated carbocycles. The number of pyridine rings is 1. The Kier molecular flexibility index (Phi) is 5.78. The first-order valence-corrected chi connectivity index (χ1v) is 7.46. The van der Waals surface area contributed by atoms with Gasteiger partial charge in [-0.05, 0) is 18.2 Å². The molecule has 0 spiro atoms. The first-order chi connectivity index (χ1) is 12.1. The summed E-state index contributed by atoms with van der Waals surface area (Å²) >= 11 is 12.1. The molecule has 0 aliphatic heterocycles. The summed E-state index contributed by atoms with van der Waals surface area (Å²) in [5.74, 6) is -0.648. The largest absolute Gasteiger partial charge is 0.436 e. The normalized spacial score (nSPS) is 12.0. The lowest BCUT2D eigenvalue weighted by molar-refractivity contribution is -0.137. The molecular formula is C14H11Cl2F3N6O. The lowest BCUT2D eigenvalue weighted by Gasteiger charge is -2.11. The van der Waals surface area contributed by atoms with Gasteiger partial charge in [-0.3, -0.25) is 0 Å². The van der Waals surface area contributed by atoms with E-state index in [9.17, 15) is 13.2 Å². The van der Waals surface area contributed by atoms with Crippen molar-refractivity contribution in [1.29, 1.82) is 0 Å². The van der Waals surface area contributed by atoms with Crippen molar-refractivity contribution < 1.29 is 17.9 Å². The second-order valence-corrected chi connectivity index (χ2v) is 5.54. The Labute approximate surface area is 155 Å². The van der Waals surface area contributed by atoms with Crippen LogP contribution in [0.4, 0.5) is 18.9 Å². The van der Waals surface area contributed by atoms with Crippen LogP contribution in [0.5, 0.6) is 11.6 Å². The number of hydrogen-bond acceptors (Lipinski definition) is 3. The first-order valence-electron chi connectivity index (χ1n) is 6.70. The molecule has 2 aromatic rings. The van der Waals surface area contributed by atoms with Gasteiger partial charge in [0.05, 0.1) is 21.3 Å². The van der Waals surface area contributed by atoms with Crippen LogP contribution in [0.15, 0.2) is 40.4 Å². The topological polar surface area (TPSA) is 125 Å². The monoisotopic (exact) mass is 406 g/mol. The van der Waals surface area contributed by atoms with E-state index in [1.54, 1.807) is 0 Å². The number of nitrogens with two attached hydrogens (primary N) is 3. The third kappa shape index (κ3) is 5.14. The number of halogens is 5. The number of guanidine groups is 2. The highest BCUT2D eigenvalue weighted by Crippen LogP contribution is 2.39. The van der Waals surface area contributed by atoms with Gasteiger partial charge < -0.3 is 21.9 Å². The zero-order valence-corrected chi connectivity index (χ0v) is 14.3. The van der Waals surface area contributed by atoms with Gasteiger partial charge in [-0.2, -0.15) is 18.2 Å². The van der Waals surface area contributed by atoms with Crippen LogP contribution < -0.4 is 21.9 Å². The molecule has 12 heteroatoms. The van der Waals surface area contributed by atoms with E-state index in [4.69, 9.17) is 45.1 Å². The fraction of sp³-hybridized carbons (Fsp3) is 0.0714. The average Bonchev–Trinajstić information content (AvgIpc) is 2.49. The van der Waals surface area contributed by atoms with Crippen molar-refractivity contribution in [1.82, 2.24) is 4.98 Å². The molecule has 1 aromatic heterocycles. The van der Waals surface area contributed by atoms with E-state index >= 15 is 0 Å². The molecule has 0 amide bonds. The van der Waals surface area contributed by atoms with Crippen molar-refractivity contribution >= 4 is 40.8 Å². The minimum absolute atomic E-state index is 0.0139. The number of aromatic nitrogens is 1. The van der Waals surface area contributed by atoms with E-state index < -0.39 is 11.7 Å². The van der Waals surface area contributed by atoms with E-state index in [2.05, 4.69) is 15.0 Å². The number of benzene rings is 1. The maximum Gasteiger partial charge on any atom is 0.417 e. The van der Waals surface area contributed by atoms with Gasteiger partial charge in [0.2, 0.25) is 11.8 Å². The van der Waals surface area contributed by atoms with Crippen LogP contribution in [-0.4, -0.2) is 16.9 Å². The van der Waals surface area contributed by atoms with Gasteiger partial charge in [-0.25, -0.2) is 9.98 Å². The van der Waals surface area contributed by atoms with Crippen LogP contribution in [0.1, 0.15) is 5.56 Å². The minimum Gasteiger partial charge on any atom is -0.436 e.